The van der Waals surface area contributed by atoms with Crippen molar-refractivity contribution in [2.45, 2.75) is 20.8 Å². The largest absolute Gasteiger partial charge is 0.464 e. The third kappa shape index (κ3) is 4.60. The molecule has 0 aromatic heterocycles. The molecule has 1 heterocycles. The van der Waals surface area contributed by atoms with Gasteiger partial charge in [-0.25, -0.2) is 9.79 Å². The molecule has 0 amide bonds. The Morgan fingerprint density at radius 1 is 1.13 bits per heavy atom. The van der Waals surface area contributed by atoms with Gasteiger partial charge in [0.1, 0.15) is 11.6 Å². The van der Waals surface area contributed by atoms with E-state index < -0.39 is 5.97 Å². The lowest BCUT2D eigenvalue weighted by molar-refractivity contribution is -0.132. The lowest BCUT2D eigenvalue weighted by Crippen LogP contribution is -2.29. The Labute approximate surface area is 180 Å². The number of halogens is 1. The maximum atomic E-state index is 12.3. The molecule has 2 aromatic carbocycles. The van der Waals surface area contributed by atoms with E-state index in [4.69, 9.17) is 21.7 Å². The molecule has 7 heteroatoms. The van der Waals surface area contributed by atoms with Crippen LogP contribution in [0.15, 0.2) is 65.2 Å². The fraction of sp³-hybridized carbons (Fsp3) is 0.174. The Morgan fingerprint density at radius 3 is 2.33 bits per heavy atom. The lowest BCUT2D eigenvalue weighted by Gasteiger charge is -2.23. The first kappa shape index (κ1) is 21.3. The number of ether oxygens (including phenoxy) is 1. The summed E-state index contributed by atoms with van der Waals surface area (Å²) in [6.07, 6.45) is 1.57. The molecule has 0 fully saturated rings. The Hall–Kier alpha value is -3.38. The van der Waals surface area contributed by atoms with E-state index in [9.17, 15) is 4.79 Å². The average molecular weight is 423 g/mol. The van der Waals surface area contributed by atoms with E-state index in [1.165, 1.54) is 7.11 Å². The third-order valence-electron chi connectivity index (χ3n) is 4.63. The summed E-state index contributed by atoms with van der Waals surface area (Å²) in [5, 5.41) is 15.5. The van der Waals surface area contributed by atoms with Crippen LogP contribution in [0.2, 0.25) is 5.02 Å². The molecule has 0 saturated heterocycles. The monoisotopic (exact) mass is 422 g/mol. The Kier molecular flexibility index (Phi) is 6.37. The van der Waals surface area contributed by atoms with Crippen LogP contribution < -0.4 is 10.6 Å². The number of allylic oxidation sites excluding steroid dienone is 1. The van der Waals surface area contributed by atoms with Crippen molar-refractivity contribution in [3.05, 3.63) is 81.9 Å². The van der Waals surface area contributed by atoms with E-state index >= 15 is 0 Å². The SMILES string of the molecule is COC(=O)C1=N/C(=C(/C(C)=N)c2c(C)cccc2C)NC(Nc2ccc(Cl)cc2)=C1. The summed E-state index contributed by atoms with van der Waals surface area (Å²) in [5.74, 6) is 0.375. The molecule has 3 N–H and O–H groups in total. The van der Waals surface area contributed by atoms with Gasteiger partial charge in [-0.3, -0.25) is 0 Å². The average Bonchev–Trinajstić information content (AvgIpc) is 2.71. The van der Waals surface area contributed by atoms with Crippen molar-refractivity contribution >= 4 is 40.3 Å². The van der Waals surface area contributed by atoms with Crippen molar-refractivity contribution in [3.63, 3.8) is 0 Å². The number of methoxy groups -OCH3 is 1. The number of nitrogens with one attached hydrogen (secondary N) is 3. The highest BCUT2D eigenvalue weighted by Gasteiger charge is 2.23. The smallest absolute Gasteiger partial charge is 0.356 e. The van der Waals surface area contributed by atoms with Gasteiger partial charge in [-0.15, -0.1) is 0 Å². The molecule has 3 rings (SSSR count). The molecular weight excluding hydrogens is 400 g/mol. The number of aliphatic imine (C=N–C) groups is 1. The first-order valence-corrected chi connectivity index (χ1v) is 9.72. The predicted octanol–water partition coefficient (Wildman–Crippen LogP) is 4.84. The lowest BCUT2D eigenvalue weighted by atomic mass is 9.92. The molecular formula is C23H23ClN4O2. The number of carbonyl (C=O) groups excluding carboxylic acids is 1. The molecule has 0 radical (unpaired) electrons. The second-order valence-corrected chi connectivity index (χ2v) is 7.36. The second-order valence-electron chi connectivity index (χ2n) is 6.92. The summed E-state index contributed by atoms with van der Waals surface area (Å²) >= 11 is 5.97. The van der Waals surface area contributed by atoms with Gasteiger partial charge in [-0.05, 0) is 61.7 Å². The van der Waals surface area contributed by atoms with Crippen LogP contribution in [0.25, 0.3) is 5.57 Å². The molecule has 6 nitrogen and oxygen atoms in total. The minimum atomic E-state index is -0.562. The van der Waals surface area contributed by atoms with Crippen LogP contribution in [-0.4, -0.2) is 24.5 Å². The number of benzene rings is 2. The van der Waals surface area contributed by atoms with Crippen molar-refractivity contribution in [1.82, 2.24) is 5.32 Å². The summed E-state index contributed by atoms with van der Waals surface area (Å²) in [4.78, 5) is 16.7. The van der Waals surface area contributed by atoms with E-state index in [1.807, 2.05) is 44.2 Å². The highest BCUT2D eigenvalue weighted by Crippen LogP contribution is 2.28. The van der Waals surface area contributed by atoms with E-state index in [2.05, 4.69) is 15.6 Å². The number of hydrogen-bond donors (Lipinski definition) is 3. The fourth-order valence-electron chi connectivity index (χ4n) is 3.26. The highest BCUT2D eigenvalue weighted by atomic mass is 35.5. The van der Waals surface area contributed by atoms with Crippen LogP contribution in [0.5, 0.6) is 0 Å². The van der Waals surface area contributed by atoms with Crippen LogP contribution in [0.4, 0.5) is 5.69 Å². The van der Waals surface area contributed by atoms with E-state index in [0.717, 1.165) is 22.4 Å². The molecule has 0 bridgehead atoms. The summed E-state index contributed by atoms with van der Waals surface area (Å²) in [6, 6.07) is 13.1. The quantitative estimate of drug-likeness (QED) is 0.475. The van der Waals surface area contributed by atoms with Crippen LogP contribution in [0.1, 0.15) is 23.6 Å². The van der Waals surface area contributed by atoms with E-state index in [1.54, 1.807) is 25.1 Å². The highest BCUT2D eigenvalue weighted by molar-refractivity contribution is 6.42. The van der Waals surface area contributed by atoms with Crippen molar-refractivity contribution in [2.24, 2.45) is 4.99 Å². The maximum absolute atomic E-state index is 12.3. The van der Waals surface area contributed by atoms with E-state index in [-0.39, 0.29) is 5.71 Å². The molecule has 2 aromatic rings. The number of anilines is 1. The summed E-state index contributed by atoms with van der Waals surface area (Å²) < 4.78 is 4.88. The number of aryl methyl sites for hydroxylation is 2. The fourth-order valence-corrected chi connectivity index (χ4v) is 3.38. The number of hydrogen-bond acceptors (Lipinski definition) is 6. The minimum absolute atomic E-state index is 0.132. The first-order valence-electron chi connectivity index (χ1n) is 9.35. The standard InChI is InChI=1S/C23H23ClN4O2/c1-13-6-5-7-14(2)20(13)21(15(3)25)22-27-18(23(29)30-4)12-19(28-22)26-17-10-8-16(24)9-11-17/h5-12,25-26,28H,1-4H3/b22-21+,25-15?. The van der Waals surface area contributed by atoms with Crippen molar-refractivity contribution < 1.29 is 9.53 Å². The maximum Gasteiger partial charge on any atom is 0.356 e. The first-order chi connectivity index (χ1) is 14.3. The zero-order valence-electron chi connectivity index (χ0n) is 17.3. The minimum Gasteiger partial charge on any atom is -0.464 e. The molecule has 0 unspecified atom stereocenters. The van der Waals surface area contributed by atoms with Gasteiger partial charge in [0.05, 0.1) is 7.11 Å². The van der Waals surface area contributed by atoms with Gasteiger partial charge in [-0.2, -0.15) is 0 Å². The van der Waals surface area contributed by atoms with Gasteiger partial charge in [0.15, 0.2) is 5.71 Å². The summed E-state index contributed by atoms with van der Waals surface area (Å²) in [7, 11) is 1.31. The predicted molar refractivity (Wildman–Crippen MR) is 122 cm³/mol. The van der Waals surface area contributed by atoms with Gasteiger partial charge in [0, 0.05) is 28.1 Å². The summed E-state index contributed by atoms with van der Waals surface area (Å²) in [5.41, 5.74) is 4.81. The van der Waals surface area contributed by atoms with Crippen molar-refractivity contribution in [2.75, 3.05) is 12.4 Å². The number of carbonyl (C=O) groups is 1. The van der Waals surface area contributed by atoms with E-state index in [0.29, 0.717) is 27.9 Å². The molecule has 0 atom stereocenters. The van der Waals surface area contributed by atoms with Crippen molar-refractivity contribution in [3.8, 4) is 0 Å². The number of rotatable bonds is 5. The van der Waals surface area contributed by atoms with Gasteiger partial charge in [0.2, 0.25) is 0 Å². The number of nitrogens with zero attached hydrogens (tertiary/aromatic N) is 1. The third-order valence-corrected chi connectivity index (χ3v) is 4.88. The van der Waals surface area contributed by atoms with Crippen molar-refractivity contribution in [1.29, 1.82) is 5.41 Å². The Balaban J connectivity index is 2.13. The Bertz CT molecular complexity index is 1080. The van der Waals surface area contributed by atoms with Crippen LogP contribution in [0.3, 0.4) is 0 Å². The number of esters is 1. The van der Waals surface area contributed by atoms with Crippen LogP contribution in [0, 0.1) is 19.3 Å². The zero-order valence-corrected chi connectivity index (χ0v) is 18.0. The molecule has 0 spiro atoms. The molecule has 1 aliphatic heterocycles. The second kappa shape index (κ2) is 8.97. The van der Waals surface area contributed by atoms with Crippen LogP contribution in [-0.2, 0) is 9.53 Å². The topological polar surface area (TPSA) is 86.6 Å². The Morgan fingerprint density at radius 2 is 1.77 bits per heavy atom. The normalized spacial score (nSPS) is 14.8. The van der Waals surface area contributed by atoms with Gasteiger partial charge in [-0.1, -0.05) is 29.8 Å². The van der Waals surface area contributed by atoms with Crippen LogP contribution >= 0.6 is 11.6 Å². The molecule has 1 aliphatic rings. The van der Waals surface area contributed by atoms with Gasteiger partial charge < -0.3 is 20.8 Å². The molecule has 0 saturated carbocycles. The molecule has 30 heavy (non-hydrogen) atoms. The van der Waals surface area contributed by atoms with Gasteiger partial charge >= 0.3 is 5.97 Å². The zero-order chi connectivity index (χ0) is 21.8. The van der Waals surface area contributed by atoms with Gasteiger partial charge in [0.25, 0.3) is 0 Å². The summed E-state index contributed by atoms with van der Waals surface area (Å²) in [6.45, 7) is 5.68. The molecule has 154 valence electrons. The molecule has 0 aliphatic carbocycles.